The van der Waals surface area contributed by atoms with Crippen LogP contribution in [0, 0.1) is 0 Å². The zero-order valence-electron chi connectivity index (χ0n) is 13.2. The van der Waals surface area contributed by atoms with Gasteiger partial charge in [0.15, 0.2) is 0 Å². The van der Waals surface area contributed by atoms with E-state index in [1.807, 2.05) is 24.3 Å². The van der Waals surface area contributed by atoms with Crippen molar-refractivity contribution in [2.75, 3.05) is 7.11 Å². The Kier molecular flexibility index (Phi) is 5.62. The molecule has 116 valence electrons. The van der Waals surface area contributed by atoms with E-state index in [2.05, 4.69) is 38.1 Å². The summed E-state index contributed by atoms with van der Waals surface area (Å²) in [6.45, 7) is 4.32. The van der Waals surface area contributed by atoms with Crippen LogP contribution in [0.1, 0.15) is 42.4 Å². The highest BCUT2D eigenvalue weighted by Gasteiger charge is 2.22. The number of carbonyl (C=O) groups excluding carboxylic acids is 1. The van der Waals surface area contributed by atoms with Crippen LogP contribution < -0.4 is 4.74 Å². The lowest BCUT2D eigenvalue weighted by molar-refractivity contribution is -0.113. The van der Waals surface area contributed by atoms with Gasteiger partial charge >= 0.3 is 0 Å². The number of benzene rings is 2. The standard InChI is InChI=1S/C19H21ClO2/c1-13(2)15-10-8-14(9-11-15)12-17(19(20)21)16-6-4-5-7-18(16)22-3/h4-11,13,17H,12H2,1-3H3. The first-order valence-electron chi connectivity index (χ1n) is 7.44. The van der Waals surface area contributed by atoms with Gasteiger partial charge in [-0.05, 0) is 41.1 Å². The van der Waals surface area contributed by atoms with E-state index in [9.17, 15) is 4.79 Å². The zero-order chi connectivity index (χ0) is 16.1. The maximum Gasteiger partial charge on any atom is 0.229 e. The van der Waals surface area contributed by atoms with E-state index in [4.69, 9.17) is 16.3 Å². The highest BCUT2D eigenvalue weighted by molar-refractivity contribution is 6.64. The van der Waals surface area contributed by atoms with E-state index in [1.165, 1.54) is 5.56 Å². The van der Waals surface area contributed by atoms with E-state index in [0.717, 1.165) is 11.1 Å². The zero-order valence-corrected chi connectivity index (χ0v) is 13.9. The van der Waals surface area contributed by atoms with Crippen LogP contribution in [0.15, 0.2) is 48.5 Å². The first kappa shape index (κ1) is 16.6. The first-order valence-corrected chi connectivity index (χ1v) is 7.81. The molecule has 0 aliphatic rings. The van der Waals surface area contributed by atoms with Gasteiger partial charge in [0, 0.05) is 5.56 Å². The van der Waals surface area contributed by atoms with E-state index in [1.54, 1.807) is 7.11 Å². The quantitative estimate of drug-likeness (QED) is 0.708. The fourth-order valence-corrected chi connectivity index (χ4v) is 2.74. The average molecular weight is 317 g/mol. The third-order valence-corrected chi connectivity index (χ3v) is 4.14. The SMILES string of the molecule is COc1ccccc1C(Cc1ccc(C(C)C)cc1)C(=O)Cl. The predicted molar refractivity (Wildman–Crippen MR) is 90.8 cm³/mol. The second-order valence-electron chi connectivity index (χ2n) is 5.70. The smallest absolute Gasteiger partial charge is 0.229 e. The maximum atomic E-state index is 11.9. The Labute approximate surface area is 137 Å². The van der Waals surface area contributed by atoms with E-state index < -0.39 is 5.92 Å². The van der Waals surface area contributed by atoms with Crippen molar-refractivity contribution < 1.29 is 9.53 Å². The summed E-state index contributed by atoms with van der Waals surface area (Å²) in [5, 5.41) is -0.363. The average Bonchev–Trinajstić information content (AvgIpc) is 2.52. The fourth-order valence-electron chi connectivity index (χ4n) is 2.54. The largest absolute Gasteiger partial charge is 0.496 e. The summed E-state index contributed by atoms with van der Waals surface area (Å²) in [4.78, 5) is 11.9. The topological polar surface area (TPSA) is 26.3 Å². The Morgan fingerprint density at radius 1 is 1.09 bits per heavy atom. The number of hydrogen-bond acceptors (Lipinski definition) is 2. The van der Waals surface area contributed by atoms with Crippen molar-refractivity contribution in [3.8, 4) is 5.75 Å². The fraction of sp³-hybridized carbons (Fsp3) is 0.316. The van der Waals surface area contributed by atoms with E-state index >= 15 is 0 Å². The minimum absolute atomic E-state index is 0.363. The number of carbonyl (C=O) groups is 1. The van der Waals surface area contributed by atoms with Gasteiger partial charge in [-0.2, -0.15) is 0 Å². The molecule has 0 N–H and O–H groups in total. The third-order valence-electron chi connectivity index (χ3n) is 3.87. The van der Waals surface area contributed by atoms with Crippen LogP contribution in [0.2, 0.25) is 0 Å². The van der Waals surface area contributed by atoms with Gasteiger partial charge in [-0.15, -0.1) is 0 Å². The third kappa shape index (κ3) is 3.89. The summed E-state index contributed by atoms with van der Waals surface area (Å²) >= 11 is 5.84. The van der Waals surface area contributed by atoms with Crippen molar-refractivity contribution >= 4 is 16.8 Å². The van der Waals surface area contributed by atoms with Crippen LogP contribution in [0.5, 0.6) is 5.75 Å². The van der Waals surface area contributed by atoms with Crippen molar-refractivity contribution in [1.82, 2.24) is 0 Å². The number of para-hydroxylation sites is 1. The van der Waals surface area contributed by atoms with E-state index in [-0.39, 0.29) is 5.24 Å². The number of rotatable bonds is 6. The van der Waals surface area contributed by atoms with Gasteiger partial charge in [-0.1, -0.05) is 56.3 Å². The monoisotopic (exact) mass is 316 g/mol. The van der Waals surface area contributed by atoms with E-state index in [0.29, 0.717) is 18.1 Å². The summed E-state index contributed by atoms with van der Waals surface area (Å²) < 4.78 is 5.35. The molecule has 2 aromatic carbocycles. The van der Waals surface area contributed by atoms with Gasteiger partial charge in [0.05, 0.1) is 13.0 Å². The number of halogens is 1. The van der Waals surface area contributed by atoms with Crippen LogP contribution >= 0.6 is 11.6 Å². The Bertz CT molecular complexity index is 632. The maximum absolute atomic E-state index is 11.9. The van der Waals surface area contributed by atoms with Crippen molar-refractivity contribution in [3.63, 3.8) is 0 Å². The van der Waals surface area contributed by atoms with Crippen LogP contribution in [-0.2, 0) is 11.2 Å². The molecule has 0 aliphatic carbocycles. The predicted octanol–water partition coefficient (Wildman–Crippen LogP) is 4.91. The van der Waals surface area contributed by atoms with Crippen molar-refractivity contribution in [3.05, 3.63) is 65.2 Å². The van der Waals surface area contributed by atoms with Crippen LogP contribution in [0.25, 0.3) is 0 Å². The lowest BCUT2D eigenvalue weighted by Gasteiger charge is -2.17. The van der Waals surface area contributed by atoms with Crippen LogP contribution in [-0.4, -0.2) is 12.4 Å². The molecule has 2 aromatic rings. The number of ether oxygens (including phenoxy) is 1. The molecule has 0 saturated carbocycles. The molecular formula is C19H21ClO2. The Balaban J connectivity index is 2.27. The second kappa shape index (κ2) is 7.46. The van der Waals surface area contributed by atoms with Gasteiger partial charge in [0.25, 0.3) is 0 Å². The molecule has 0 bridgehead atoms. The molecule has 0 spiro atoms. The Hall–Kier alpha value is -1.80. The molecule has 1 atom stereocenters. The van der Waals surface area contributed by atoms with Crippen molar-refractivity contribution in [2.45, 2.75) is 32.1 Å². The Morgan fingerprint density at radius 2 is 1.73 bits per heavy atom. The van der Waals surface area contributed by atoms with Gasteiger partial charge in [-0.25, -0.2) is 0 Å². The lowest BCUT2D eigenvalue weighted by atomic mass is 9.91. The van der Waals surface area contributed by atoms with Crippen LogP contribution in [0.3, 0.4) is 0 Å². The first-order chi connectivity index (χ1) is 10.5. The number of hydrogen-bond donors (Lipinski definition) is 0. The molecule has 0 radical (unpaired) electrons. The second-order valence-corrected chi connectivity index (χ2v) is 6.07. The van der Waals surface area contributed by atoms with Crippen LogP contribution in [0.4, 0.5) is 0 Å². The Morgan fingerprint density at radius 3 is 2.27 bits per heavy atom. The number of methoxy groups -OCH3 is 1. The normalized spacial score (nSPS) is 12.2. The summed E-state index contributed by atoms with van der Waals surface area (Å²) in [5.41, 5.74) is 3.21. The lowest BCUT2D eigenvalue weighted by Crippen LogP contribution is -2.11. The molecular weight excluding hydrogens is 296 g/mol. The molecule has 1 unspecified atom stereocenters. The van der Waals surface area contributed by atoms with Crippen molar-refractivity contribution in [2.24, 2.45) is 0 Å². The minimum atomic E-state index is -0.400. The molecule has 0 heterocycles. The highest BCUT2D eigenvalue weighted by atomic mass is 35.5. The van der Waals surface area contributed by atoms with Gasteiger partial charge < -0.3 is 4.74 Å². The molecule has 0 aliphatic heterocycles. The van der Waals surface area contributed by atoms with Gasteiger partial charge in [-0.3, -0.25) is 4.79 Å². The molecule has 0 saturated heterocycles. The molecule has 2 nitrogen and oxygen atoms in total. The molecule has 3 heteroatoms. The van der Waals surface area contributed by atoms with Gasteiger partial charge in [0.1, 0.15) is 5.75 Å². The van der Waals surface area contributed by atoms with Gasteiger partial charge in [0.2, 0.25) is 5.24 Å². The minimum Gasteiger partial charge on any atom is -0.496 e. The summed E-state index contributed by atoms with van der Waals surface area (Å²) in [6, 6.07) is 15.9. The molecule has 0 aromatic heterocycles. The van der Waals surface area contributed by atoms with Crippen molar-refractivity contribution in [1.29, 1.82) is 0 Å². The summed E-state index contributed by atoms with van der Waals surface area (Å²) in [6.07, 6.45) is 0.571. The summed E-state index contributed by atoms with van der Waals surface area (Å²) in [5.74, 6) is 0.789. The molecule has 0 fully saturated rings. The molecule has 2 rings (SSSR count). The summed E-state index contributed by atoms with van der Waals surface area (Å²) in [7, 11) is 1.60. The molecule has 0 amide bonds. The highest BCUT2D eigenvalue weighted by Crippen LogP contribution is 2.31. The molecule has 22 heavy (non-hydrogen) atoms.